The van der Waals surface area contributed by atoms with Crippen molar-refractivity contribution in [3.05, 3.63) is 11.6 Å². The van der Waals surface area contributed by atoms with E-state index in [0.29, 0.717) is 24.2 Å². The molecule has 5 aliphatic carbocycles. The molecule has 5 aliphatic rings. The average Bonchev–Trinajstić information content (AvgIpc) is 2.75. The number of allylic oxidation sites excluding steroid dienone is 2. The van der Waals surface area contributed by atoms with E-state index in [1.165, 1.54) is 24.8 Å². The number of carboxylic acid groups (broad SMARTS) is 1. The van der Waals surface area contributed by atoms with Gasteiger partial charge in [0.2, 0.25) is 0 Å². The van der Waals surface area contributed by atoms with Crippen molar-refractivity contribution in [2.24, 2.45) is 56.7 Å². The minimum atomic E-state index is -1.20. The van der Waals surface area contributed by atoms with Crippen LogP contribution < -0.4 is 0 Å². The van der Waals surface area contributed by atoms with Gasteiger partial charge in [0.1, 0.15) is 0 Å². The summed E-state index contributed by atoms with van der Waals surface area (Å²) in [5.74, 6) is 0.656. The van der Waals surface area contributed by atoms with Gasteiger partial charge in [0, 0.05) is 5.92 Å². The van der Waals surface area contributed by atoms with E-state index in [1.807, 2.05) is 0 Å². The van der Waals surface area contributed by atoms with Crippen LogP contribution in [0.25, 0.3) is 0 Å². The fourth-order valence-electron chi connectivity index (χ4n) is 10.7. The molecule has 0 aromatic rings. The number of hydrogen-bond donors (Lipinski definition) is 2. The summed E-state index contributed by atoms with van der Waals surface area (Å²) in [5, 5.41) is 21.1. The standard InChI is InChI=1S/C30H46O4/c1-17-8-11-26(3)14-15-28(5)19(23(26)18(17)2)16-20(31)24-27(4)12-10-22(32)30(7,25(33)34)21(27)9-13-29(24,28)6/h16-18,21-24,32H,8-15H2,1-7H3,(H,33,34)/t17-,18+,21+,22-,23-,24+,26-,27+,28-,29-,30-/m1/s1. The maximum absolute atomic E-state index is 14.2. The summed E-state index contributed by atoms with van der Waals surface area (Å²) in [5.41, 5.74) is -0.124. The molecule has 0 saturated heterocycles. The number of rotatable bonds is 1. The van der Waals surface area contributed by atoms with Crippen LogP contribution in [-0.2, 0) is 9.59 Å². The molecule has 34 heavy (non-hydrogen) atoms. The van der Waals surface area contributed by atoms with Crippen LogP contribution in [0.1, 0.15) is 99.8 Å². The van der Waals surface area contributed by atoms with Crippen LogP contribution in [0.15, 0.2) is 11.6 Å². The number of aliphatic carboxylic acids is 1. The van der Waals surface area contributed by atoms with Crippen LogP contribution >= 0.6 is 0 Å². The molecule has 11 atom stereocenters. The minimum Gasteiger partial charge on any atom is -0.481 e. The minimum absolute atomic E-state index is 0.0370. The highest BCUT2D eigenvalue weighted by Crippen LogP contribution is 2.75. The lowest BCUT2D eigenvalue weighted by Gasteiger charge is -2.70. The van der Waals surface area contributed by atoms with Gasteiger partial charge in [-0.3, -0.25) is 9.59 Å². The zero-order valence-corrected chi connectivity index (χ0v) is 22.4. The molecule has 0 heterocycles. The zero-order valence-electron chi connectivity index (χ0n) is 22.4. The second-order valence-corrected chi connectivity index (χ2v) is 14.4. The Labute approximate surface area is 206 Å². The van der Waals surface area contributed by atoms with Gasteiger partial charge >= 0.3 is 5.97 Å². The first kappa shape index (κ1) is 24.5. The SMILES string of the molecule is C[C@H]1[C@H](C)CC[C@]2(C)CC[C@]3(C)C(=CC(=O)[C@H]4[C@@]5(C)CC[C@@H](O)[C@](C)(C(=O)O)[C@H]5CC[C@]43C)[C@@H]12. The first-order valence-electron chi connectivity index (χ1n) is 13.8. The number of aliphatic hydroxyl groups excluding tert-OH is 1. The molecule has 0 radical (unpaired) electrons. The predicted octanol–water partition coefficient (Wildman–Crippen LogP) is 6.27. The molecule has 0 aromatic carbocycles. The van der Waals surface area contributed by atoms with Crippen LogP contribution in [0.3, 0.4) is 0 Å². The van der Waals surface area contributed by atoms with E-state index in [4.69, 9.17) is 0 Å². The summed E-state index contributed by atoms with van der Waals surface area (Å²) in [6.45, 7) is 16.0. The van der Waals surface area contributed by atoms with E-state index in [1.54, 1.807) is 6.92 Å². The van der Waals surface area contributed by atoms with Gasteiger partial charge in [0.15, 0.2) is 5.78 Å². The summed E-state index contributed by atoms with van der Waals surface area (Å²) in [7, 11) is 0. The monoisotopic (exact) mass is 470 g/mol. The molecular weight excluding hydrogens is 424 g/mol. The van der Waals surface area contributed by atoms with Crippen molar-refractivity contribution in [2.45, 2.75) is 106 Å². The normalized spacial score (nSPS) is 56.9. The maximum atomic E-state index is 14.2. The Balaban J connectivity index is 1.65. The molecule has 0 unspecified atom stereocenters. The number of hydrogen-bond acceptors (Lipinski definition) is 3. The molecule has 4 fully saturated rings. The number of aliphatic hydroxyl groups is 1. The fraction of sp³-hybridized carbons (Fsp3) is 0.867. The van der Waals surface area contributed by atoms with Crippen LogP contribution in [-0.4, -0.2) is 28.1 Å². The number of ketones is 1. The quantitative estimate of drug-likeness (QED) is 0.474. The van der Waals surface area contributed by atoms with Gasteiger partial charge in [-0.15, -0.1) is 0 Å². The number of carboxylic acids is 1. The Bertz CT molecular complexity index is 953. The lowest BCUT2D eigenvalue weighted by molar-refractivity contribution is -0.215. The summed E-state index contributed by atoms with van der Waals surface area (Å²) in [6, 6.07) is 0. The molecular formula is C30H46O4. The largest absolute Gasteiger partial charge is 0.481 e. The van der Waals surface area contributed by atoms with E-state index in [9.17, 15) is 19.8 Å². The Morgan fingerprint density at radius 3 is 2.26 bits per heavy atom. The van der Waals surface area contributed by atoms with Gasteiger partial charge in [0.05, 0.1) is 11.5 Å². The fourth-order valence-corrected chi connectivity index (χ4v) is 10.7. The van der Waals surface area contributed by atoms with Gasteiger partial charge in [-0.25, -0.2) is 0 Å². The number of carbonyl (C=O) groups is 2. The van der Waals surface area contributed by atoms with Crippen molar-refractivity contribution in [1.82, 2.24) is 0 Å². The van der Waals surface area contributed by atoms with Crippen molar-refractivity contribution >= 4 is 11.8 Å². The number of carbonyl (C=O) groups excluding carboxylic acids is 1. The maximum Gasteiger partial charge on any atom is 0.312 e. The van der Waals surface area contributed by atoms with E-state index < -0.39 is 22.9 Å². The highest BCUT2D eigenvalue weighted by Gasteiger charge is 2.71. The first-order valence-corrected chi connectivity index (χ1v) is 13.8. The Hall–Kier alpha value is -1.16. The van der Waals surface area contributed by atoms with Crippen molar-refractivity contribution < 1.29 is 19.8 Å². The summed E-state index contributed by atoms with van der Waals surface area (Å²) >= 11 is 0. The van der Waals surface area contributed by atoms with E-state index in [2.05, 4.69) is 47.6 Å². The van der Waals surface area contributed by atoms with Crippen molar-refractivity contribution in [3.63, 3.8) is 0 Å². The van der Waals surface area contributed by atoms with Crippen molar-refractivity contribution in [3.8, 4) is 0 Å². The van der Waals surface area contributed by atoms with Crippen molar-refractivity contribution in [1.29, 1.82) is 0 Å². The molecule has 4 saturated carbocycles. The molecule has 0 aromatic heterocycles. The Morgan fingerprint density at radius 1 is 0.941 bits per heavy atom. The first-order chi connectivity index (χ1) is 15.7. The summed E-state index contributed by atoms with van der Waals surface area (Å²) in [4.78, 5) is 26.7. The molecule has 4 nitrogen and oxygen atoms in total. The molecule has 0 spiro atoms. The smallest absolute Gasteiger partial charge is 0.312 e. The summed E-state index contributed by atoms with van der Waals surface area (Å²) < 4.78 is 0. The molecule has 5 rings (SSSR count). The summed E-state index contributed by atoms with van der Waals surface area (Å²) in [6.07, 6.45) is 8.89. The topological polar surface area (TPSA) is 74.6 Å². The zero-order chi connectivity index (χ0) is 25.1. The van der Waals surface area contributed by atoms with Gasteiger partial charge in [0.25, 0.3) is 0 Å². The lowest BCUT2D eigenvalue weighted by Crippen LogP contribution is -2.68. The second kappa shape index (κ2) is 7.20. The van der Waals surface area contributed by atoms with Crippen LogP contribution in [0.4, 0.5) is 0 Å². The third-order valence-electron chi connectivity index (χ3n) is 13.2. The van der Waals surface area contributed by atoms with Gasteiger partial charge in [-0.1, -0.05) is 47.1 Å². The molecule has 0 amide bonds. The Morgan fingerprint density at radius 2 is 1.62 bits per heavy atom. The van der Waals surface area contributed by atoms with Gasteiger partial charge < -0.3 is 10.2 Å². The van der Waals surface area contributed by atoms with Crippen LogP contribution in [0, 0.1) is 56.7 Å². The van der Waals surface area contributed by atoms with Crippen LogP contribution in [0.5, 0.6) is 0 Å². The predicted molar refractivity (Wildman–Crippen MR) is 133 cm³/mol. The highest BCUT2D eigenvalue weighted by molar-refractivity contribution is 5.96. The van der Waals surface area contributed by atoms with Crippen LogP contribution in [0.2, 0.25) is 0 Å². The molecule has 0 bridgehead atoms. The van der Waals surface area contributed by atoms with E-state index in [0.717, 1.165) is 25.7 Å². The van der Waals surface area contributed by atoms with Gasteiger partial charge in [-0.2, -0.15) is 0 Å². The molecule has 190 valence electrons. The third-order valence-corrected chi connectivity index (χ3v) is 13.2. The average molecular weight is 471 g/mol. The van der Waals surface area contributed by atoms with E-state index in [-0.39, 0.29) is 33.9 Å². The van der Waals surface area contributed by atoms with Crippen molar-refractivity contribution in [2.75, 3.05) is 0 Å². The van der Waals surface area contributed by atoms with E-state index >= 15 is 0 Å². The third kappa shape index (κ3) is 2.70. The molecule has 2 N–H and O–H groups in total. The molecule has 0 aliphatic heterocycles. The molecule has 4 heteroatoms. The van der Waals surface area contributed by atoms with Gasteiger partial charge in [-0.05, 0) is 110 Å². The lowest BCUT2D eigenvalue weighted by atomic mass is 9.33. The second-order valence-electron chi connectivity index (χ2n) is 14.4. The highest BCUT2D eigenvalue weighted by atomic mass is 16.4. The Kier molecular flexibility index (Phi) is 5.20. The number of fused-ring (bicyclic) bond motifs is 7.